The van der Waals surface area contributed by atoms with E-state index in [0.717, 1.165) is 11.1 Å². The standard InChI is InChI=1S/C14H16N6O/c1-19(14(21)10-20-11-16-17-18-20)9-13-6-3-2-5-12(13)7-4-8-15/h2-3,5-6,11H,8-10,15H2,1H3. The fourth-order valence-corrected chi connectivity index (χ4v) is 1.78. The minimum atomic E-state index is -0.0797. The van der Waals surface area contributed by atoms with Crippen LogP contribution in [0.25, 0.3) is 0 Å². The lowest BCUT2D eigenvalue weighted by Crippen LogP contribution is -2.30. The van der Waals surface area contributed by atoms with Crippen molar-refractivity contribution in [3.8, 4) is 11.8 Å². The van der Waals surface area contributed by atoms with E-state index in [2.05, 4.69) is 27.4 Å². The summed E-state index contributed by atoms with van der Waals surface area (Å²) in [6.45, 7) is 0.888. The molecule has 7 heteroatoms. The van der Waals surface area contributed by atoms with Gasteiger partial charge >= 0.3 is 0 Å². The summed E-state index contributed by atoms with van der Waals surface area (Å²) >= 11 is 0. The summed E-state index contributed by atoms with van der Waals surface area (Å²) in [6, 6.07) is 7.69. The molecule has 0 aliphatic carbocycles. The summed E-state index contributed by atoms with van der Waals surface area (Å²) < 4.78 is 1.39. The Kier molecular flexibility index (Phi) is 5.01. The Bertz CT molecular complexity index is 656. The first-order chi connectivity index (χ1) is 10.2. The summed E-state index contributed by atoms with van der Waals surface area (Å²) in [5.41, 5.74) is 7.25. The van der Waals surface area contributed by atoms with Gasteiger partial charge in [0.15, 0.2) is 0 Å². The van der Waals surface area contributed by atoms with Gasteiger partial charge in [-0.3, -0.25) is 4.79 Å². The number of tetrazole rings is 1. The molecule has 2 rings (SSSR count). The molecule has 0 aliphatic rings. The van der Waals surface area contributed by atoms with Crippen molar-refractivity contribution in [1.29, 1.82) is 0 Å². The van der Waals surface area contributed by atoms with Crippen molar-refractivity contribution in [2.75, 3.05) is 13.6 Å². The highest BCUT2D eigenvalue weighted by Crippen LogP contribution is 2.10. The molecule has 108 valence electrons. The quantitative estimate of drug-likeness (QED) is 0.775. The second-order valence-electron chi connectivity index (χ2n) is 4.42. The zero-order chi connectivity index (χ0) is 15.1. The number of likely N-dealkylation sites (N-methyl/N-ethyl adjacent to an activating group) is 1. The number of aromatic nitrogens is 4. The number of nitrogens with zero attached hydrogens (tertiary/aromatic N) is 5. The first kappa shape index (κ1) is 14.7. The van der Waals surface area contributed by atoms with Gasteiger partial charge in [-0.15, -0.1) is 5.10 Å². The van der Waals surface area contributed by atoms with Gasteiger partial charge < -0.3 is 10.6 Å². The van der Waals surface area contributed by atoms with Crippen LogP contribution >= 0.6 is 0 Å². The third kappa shape index (κ3) is 4.12. The maximum atomic E-state index is 12.1. The molecule has 7 nitrogen and oxygen atoms in total. The molecular formula is C14H16N6O. The van der Waals surface area contributed by atoms with E-state index in [1.54, 1.807) is 11.9 Å². The maximum absolute atomic E-state index is 12.1. The number of rotatable bonds is 4. The van der Waals surface area contributed by atoms with E-state index in [1.807, 2.05) is 24.3 Å². The lowest BCUT2D eigenvalue weighted by Gasteiger charge is -2.17. The molecule has 1 aromatic heterocycles. The molecule has 0 bridgehead atoms. The lowest BCUT2D eigenvalue weighted by atomic mass is 10.1. The Morgan fingerprint density at radius 2 is 2.24 bits per heavy atom. The van der Waals surface area contributed by atoms with E-state index in [1.165, 1.54) is 11.0 Å². The largest absolute Gasteiger partial charge is 0.340 e. The van der Waals surface area contributed by atoms with Crippen molar-refractivity contribution in [3.05, 3.63) is 41.7 Å². The Balaban J connectivity index is 2.05. The molecule has 1 amide bonds. The van der Waals surface area contributed by atoms with Gasteiger partial charge in [-0.2, -0.15) is 0 Å². The summed E-state index contributed by atoms with van der Waals surface area (Å²) in [7, 11) is 1.74. The zero-order valence-electron chi connectivity index (χ0n) is 11.7. The van der Waals surface area contributed by atoms with Gasteiger partial charge in [0.25, 0.3) is 0 Å². The highest BCUT2D eigenvalue weighted by atomic mass is 16.2. The van der Waals surface area contributed by atoms with Crippen molar-refractivity contribution in [2.24, 2.45) is 5.73 Å². The molecule has 2 aromatic rings. The van der Waals surface area contributed by atoms with Gasteiger partial charge in [0.1, 0.15) is 12.9 Å². The highest BCUT2D eigenvalue weighted by molar-refractivity contribution is 5.75. The Hall–Kier alpha value is -2.72. The molecule has 0 spiro atoms. The number of hydrogen-bond donors (Lipinski definition) is 1. The van der Waals surface area contributed by atoms with Gasteiger partial charge in [-0.25, -0.2) is 4.68 Å². The smallest absolute Gasteiger partial charge is 0.244 e. The summed E-state index contributed by atoms with van der Waals surface area (Å²) in [5, 5.41) is 10.7. The Morgan fingerprint density at radius 1 is 1.43 bits per heavy atom. The van der Waals surface area contributed by atoms with Crippen LogP contribution in [-0.2, 0) is 17.9 Å². The molecule has 0 aliphatic heterocycles. The molecule has 0 fully saturated rings. The Labute approximate surface area is 122 Å². The molecule has 0 saturated carbocycles. The van der Waals surface area contributed by atoms with Crippen LogP contribution in [0.2, 0.25) is 0 Å². The number of benzene rings is 1. The molecule has 0 atom stereocenters. The second kappa shape index (κ2) is 7.17. The van der Waals surface area contributed by atoms with Crippen LogP contribution in [-0.4, -0.2) is 44.6 Å². The van der Waals surface area contributed by atoms with Crippen LogP contribution in [0.15, 0.2) is 30.6 Å². The average Bonchev–Trinajstić information content (AvgIpc) is 2.99. The number of hydrogen-bond acceptors (Lipinski definition) is 5. The van der Waals surface area contributed by atoms with E-state index in [4.69, 9.17) is 5.73 Å². The van der Waals surface area contributed by atoms with Gasteiger partial charge in [0.05, 0.1) is 6.54 Å². The monoisotopic (exact) mass is 284 g/mol. The minimum Gasteiger partial charge on any atom is -0.340 e. The third-order valence-corrected chi connectivity index (χ3v) is 2.86. The molecule has 1 aromatic carbocycles. The average molecular weight is 284 g/mol. The zero-order valence-corrected chi connectivity index (χ0v) is 11.7. The molecule has 0 saturated heterocycles. The summed E-state index contributed by atoms with van der Waals surface area (Å²) in [6.07, 6.45) is 1.41. The fourth-order valence-electron chi connectivity index (χ4n) is 1.78. The SMILES string of the molecule is CN(Cc1ccccc1C#CCN)C(=O)Cn1cnnn1. The van der Waals surface area contributed by atoms with Gasteiger partial charge in [0, 0.05) is 19.2 Å². The molecule has 1 heterocycles. The lowest BCUT2D eigenvalue weighted by molar-refractivity contribution is -0.131. The molecule has 2 N–H and O–H groups in total. The second-order valence-corrected chi connectivity index (χ2v) is 4.42. The fraction of sp³-hybridized carbons (Fsp3) is 0.286. The topological polar surface area (TPSA) is 89.9 Å². The normalized spacial score (nSPS) is 9.81. The summed E-state index contributed by atoms with van der Waals surface area (Å²) in [4.78, 5) is 13.7. The van der Waals surface area contributed by atoms with E-state index >= 15 is 0 Å². The number of carbonyl (C=O) groups is 1. The first-order valence-corrected chi connectivity index (χ1v) is 6.42. The van der Waals surface area contributed by atoms with Crippen LogP contribution < -0.4 is 5.73 Å². The third-order valence-electron chi connectivity index (χ3n) is 2.86. The van der Waals surface area contributed by atoms with Crippen molar-refractivity contribution in [2.45, 2.75) is 13.1 Å². The summed E-state index contributed by atoms with van der Waals surface area (Å²) in [5.74, 6) is 5.76. The van der Waals surface area contributed by atoms with E-state index in [9.17, 15) is 4.79 Å². The van der Waals surface area contributed by atoms with Crippen molar-refractivity contribution in [3.63, 3.8) is 0 Å². The van der Waals surface area contributed by atoms with Gasteiger partial charge in [-0.1, -0.05) is 30.0 Å². The molecule has 0 unspecified atom stereocenters. The predicted molar refractivity (Wildman–Crippen MR) is 76.7 cm³/mol. The van der Waals surface area contributed by atoms with Crippen LogP contribution in [0.4, 0.5) is 0 Å². The predicted octanol–water partition coefficient (Wildman–Crippen LogP) is -0.358. The molecule has 21 heavy (non-hydrogen) atoms. The molecular weight excluding hydrogens is 268 g/mol. The first-order valence-electron chi connectivity index (χ1n) is 6.42. The van der Waals surface area contributed by atoms with Crippen molar-refractivity contribution in [1.82, 2.24) is 25.1 Å². The van der Waals surface area contributed by atoms with Gasteiger partial charge in [-0.05, 0) is 22.1 Å². The van der Waals surface area contributed by atoms with E-state index < -0.39 is 0 Å². The van der Waals surface area contributed by atoms with Crippen molar-refractivity contribution >= 4 is 5.91 Å². The maximum Gasteiger partial charge on any atom is 0.244 e. The van der Waals surface area contributed by atoms with Crippen LogP contribution in [0.5, 0.6) is 0 Å². The highest BCUT2D eigenvalue weighted by Gasteiger charge is 2.12. The number of carbonyl (C=O) groups excluding carboxylic acids is 1. The number of nitrogens with two attached hydrogens (primary N) is 1. The van der Waals surface area contributed by atoms with Crippen LogP contribution in [0, 0.1) is 11.8 Å². The van der Waals surface area contributed by atoms with E-state index in [0.29, 0.717) is 13.1 Å². The molecule has 0 radical (unpaired) electrons. The minimum absolute atomic E-state index is 0.0797. The van der Waals surface area contributed by atoms with Crippen LogP contribution in [0.1, 0.15) is 11.1 Å². The Morgan fingerprint density at radius 3 is 2.95 bits per heavy atom. The van der Waals surface area contributed by atoms with Gasteiger partial charge in [0.2, 0.25) is 5.91 Å². The van der Waals surface area contributed by atoms with Crippen LogP contribution in [0.3, 0.4) is 0 Å². The number of amides is 1. The van der Waals surface area contributed by atoms with Crippen molar-refractivity contribution < 1.29 is 4.79 Å². The van der Waals surface area contributed by atoms with E-state index in [-0.39, 0.29) is 12.5 Å².